The van der Waals surface area contributed by atoms with Gasteiger partial charge in [-0.3, -0.25) is 0 Å². The van der Waals surface area contributed by atoms with Crippen molar-refractivity contribution < 1.29 is 14.3 Å². The van der Waals surface area contributed by atoms with Crippen molar-refractivity contribution in [2.45, 2.75) is 51.2 Å². The van der Waals surface area contributed by atoms with Crippen LogP contribution in [0.25, 0.3) is 0 Å². The number of anilines is 1. The van der Waals surface area contributed by atoms with Gasteiger partial charge in [-0.1, -0.05) is 22.4 Å². The van der Waals surface area contributed by atoms with Crippen LogP contribution in [-0.2, 0) is 9.53 Å². The molecule has 28 heavy (non-hydrogen) atoms. The number of ether oxygens (including phenoxy) is 2. The normalized spacial score (nSPS) is 19.8. The molecule has 1 aromatic heterocycles. The summed E-state index contributed by atoms with van der Waals surface area (Å²) >= 11 is 3.53. The first kappa shape index (κ1) is 19.0. The summed E-state index contributed by atoms with van der Waals surface area (Å²) in [6, 6.07) is 5.24. The summed E-state index contributed by atoms with van der Waals surface area (Å²) in [7, 11) is 1.62. The second kappa shape index (κ2) is 7.95. The molecule has 1 fully saturated rings. The fourth-order valence-corrected chi connectivity index (χ4v) is 4.34. The van der Waals surface area contributed by atoms with Gasteiger partial charge in [-0.15, -0.1) is 0 Å². The van der Waals surface area contributed by atoms with Crippen molar-refractivity contribution in [3.05, 3.63) is 45.8 Å². The van der Waals surface area contributed by atoms with Crippen LogP contribution in [0.1, 0.15) is 50.6 Å². The third-order valence-corrected chi connectivity index (χ3v) is 5.82. The van der Waals surface area contributed by atoms with Gasteiger partial charge >= 0.3 is 5.97 Å². The Bertz CT molecular complexity index is 918. The maximum atomic E-state index is 13.2. The summed E-state index contributed by atoms with van der Waals surface area (Å²) in [6.45, 7) is 1.87. The van der Waals surface area contributed by atoms with E-state index in [-0.39, 0.29) is 12.1 Å². The summed E-state index contributed by atoms with van der Waals surface area (Å²) in [5.41, 5.74) is 2.06. The summed E-state index contributed by atoms with van der Waals surface area (Å²) in [5, 5.41) is 7.54. The van der Waals surface area contributed by atoms with Crippen LogP contribution in [0.5, 0.6) is 5.75 Å². The monoisotopic (exact) mass is 446 g/mol. The van der Waals surface area contributed by atoms with Crippen LogP contribution in [0.4, 0.5) is 5.95 Å². The molecule has 1 atom stereocenters. The Kier molecular flexibility index (Phi) is 5.39. The highest BCUT2D eigenvalue weighted by Crippen LogP contribution is 2.40. The Morgan fingerprint density at radius 3 is 2.82 bits per heavy atom. The molecular weight excluding hydrogens is 424 g/mol. The number of hydrogen-bond acceptors (Lipinski definition) is 6. The van der Waals surface area contributed by atoms with Crippen LogP contribution >= 0.6 is 15.9 Å². The number of carbonyl (C=O) groups excluding carboxylic acids is 1. The lowest BCUT2D eigenvalue weighted by atomic mass is 9.94. The van der Waals surface area contributed by atoms with Crippen molar-refractivity contribution in [3.63, 3.8) is 0 Å². The number of carbonyl (C=O) groups is 1. The van der Waals surface area contributed by atoms with Crippen molar-refractivity contribution in [1.82, 2.24) is 14.8 Å². The molecule has 2 heterocycles. The van der Waals surface area contributed by atoms with Gasteiger partial charge in [0.25, 0.3) is 0 Å². The van der Waals surface area contributed by atoms with Gasteiger partial charge in [0.1, 0.15) is 24.2 Å². The molecule has 1 N–H and O–H groups in total. The van der Waals surface area contributed by atoms with Gasteiger partial charge in [-0.05, 0) is 50.8 Å². The van der Waals surface area contributed by atoms with Crippen LogP contribution in [0, 0.1) is 0 Å². The standard InChI is InChI=1S/C20H23BrN4O3/c1-12-17(19(26)28-14-6-4-3-5-7-14)18(25-20(24-12)22-11-23-25)15-10-13(21)8-9-16(15)27-2/h8-11,14,18H,3-7H2,1-2H3,(H,22,23,24)/t18-/m0/s1. The molecular formula is C20H23BrN4O3. The SMILES string of the molecule is COc1ccc(Br)cc1[C@H]1C(C(=O)OC2CCCCC2)=C(C)Nc2ncnn21. The van der Waals surface area contributed by atoms with E-state index in [1.165, 1.54) is 12.7 Å². The smallest absolute Gasteiger partial charge is 0.338 e. The predicted octanol–water partition coefficient (Wildman–Crippen LogP) is 4.21. The number of methoxy groups -OCH3 is 1. The van der Waals surface area contributed by atoms with Gasteiger partial charge in [-0.2, -0.15) is 10.1 Å². The topological polar surface area (TPSA) is 78.3 Å². The first-order valence-electron chi connectivity index (χ1n) is 9.50. The summed E-state index contributed by atoms with van der Waals surface area (Å²) < 4.78 is 14.1. The molecule has 4 rings (SSSR count). The number of benzene rings is 1. The quantitative estimate of drug-likeness (QED) is 0.708. The van der Waals surface area contributed by atoms with Crippen molar-refractivity contribution in [3.8, 4) is 5.75 Å². The van der Waals surface area contributed by atoms with E-state index in [9.17, 15) is 4.79 Å². The highest BCUT2D eigenvalue weighted by molar-refractivity contribution is 9.10. The number of rotatable bonds is 4. The molecule has 0 radical (unpaired) electrons. The van der Waals surface area contributed by atoms with Crippen LogP contribution in [0.2, 0.25) is 0 Å². The molecule has 148 valence electrons. The molecule has 1 aromatic carbocycles. The first-order valence-corrected chi connectivity index (χ1v) is 10.3. The van der Waals surface area contributed by atoms with Gasteiger partial charge in [0.2, 0.25) is 5.95 Å². The number of hydrogen-bond donors (Lipinski definition) is 1. The zero-order valence-electron chi connectivity index (χ0n) is 15.9. The maximum Gasteiger partial charge on any atom is 0.338 e. The summed E-state index contributed by atoms with van der Waals surface area (Å²) in [5.74, 6) is 0.941. The fraction of sp³-hybridized carbons (Fsp3) is 0.450. The minimum atomic E-state index is -0.484. The number of allylic oxidation sites excluding steroid dienone is 1. The highest BCUT2D eigenvalue weighted by atomic mass is 79.9. The molecule has 0 saturated heterocycles. The van der Waals surface area contributed by atoms with E-state index in [0.717, 1.165) is 35.7 Å². The van der Waals surface area contributed by atoms with E-state index >= 15 is 0 Å². The third-order valence-electron chi connectivity index (χ3n) is 5.33. The number of aromatic nitrogens is 3. The van der Waals surface area contributed by atoms with Gasteiger partial charge in [0.15, 0.2) is 0 Å². The van der Waals surface area contributed by atoms with Crippen LogP contribution in [-0.4, -0.2) is 33.9 Å². The molecule has 0 amide bonds. The zero-order chi connectivity index (χ0) is 19.7. The van der Waals surface area contributed by atoms with Crippen LogP contribution in [0.15, 0.2) is 40.3 Å². The minimum Gasteiger partial charge on any atom is -0.496 e. The Morgan fingerprint density at radius 2 is 2.07 bits per heavy atom. The molecule has 2 aromatic rings. The number of nitrogens with zero attached hydrogens (tertiary/aromatic N) is 3. The van der Waals surface area contributed by atoms with E-state index < -0.39 is 6.04 Å². The molecule has 0 unspecified atom stereocenters. The molecule has 0 spiro atoms. The largest absolute Gasteiger partial charge is 0.496 e. The Hall–Kier alpha value is -2.35. The first-order chi connectivity index (χ1) is 13.6. The summed E-state index contributed by atoms with van der Waals surface area (Å²) in [6.07, 6.45) is 6.70. The lowest BCUT2D eigenvalue weighted by molar-refractivity contribution is -0.146. The Balaban J connectivity index is 1.76. The Morgan fingerprint density at radius 1 is 1.29 bits per heavy atom. The van der Waals surface area contributed by atoms with E-state index in [1.54, 1.807) is 11.8 Å². The van der Waals surface area contributed by atoms with E-state index in [1.807, 2.05) is 25.1 Å². The van der Waals surface area contributed by atoms with E-state index in [0.29, 0.717) is 23.0 Å². The van der Waals surface area contributed by atoms with Gasteiger partial charge in [0.05, 0.1) is 12.7 Å². The lowest BCUT2D eigenvalue weighted by Crippen LogP contribution is -2.32. The van der Waals surface area contributed by atoms with Crippen LogP contribution in [0.3, 0.4) is 0 Å². The molecule has 1 aliphatic heterocycles. The molecule has 2 aliphatic rings. The average Bonchev–Trinajstić information content (AvgIpc) is 3.15. The Labute approximate surface area is 172 Å². The summed E-state index contributed by atoms with van der Waals surface area (Å²) in [4.78, 5) is 17.5. The van der Waals surface area contributed by atoms with Crippen molar-refractivity contribution in [2.24, 2.45) is 0 Å². The number of fused-ring (bicyclic) bond motifs is 1. The number of esters is 1. The van der Waals surface area contributed by atoms with Crippen molar-refractivity contribution >= 4 is 27.8 Å². The zero-order valence-corrected chi connectivity index (χ0v) is 17.5. The molecule has 8 heteroatoms. The number of halogens is 1. The fourth-order valence-electron chi connectivity index (χ4n) is 3.96. The number of nitrogens with one attached hydrogen (secondary N) is 1. The van der Waals surface area contributed by atoms with Crippen molar-refractivity contribution in [1.29, 1.82) is 0 Å². The highest BCUT2D eigenvalue weighted by Gasteiger charge is 2.37. The van der Waals surface area contributed by atoms with Gasteiger partial charge in [0, 0.05) is 15.7 Å². The van der Waals surface area contributed by atoms with Crippen LogP contribution < -0.4 is 10.1 Å². The van der Waals surface area contributed by atoms with Gasteiger partial charge in [-0.25, -0.2) is 9.48 Å². The minimum absolute atomic E-state index is 0.0243. The molecule has 0 bridgehead atoms. The van der Waals surface area contributed by atoms with E-state index in [4.69, 9.17) is 9.47 Å². The maximum absolute atomic E-state index is 13.2. The molecule has 1 saturated carbocycles. The van der Waals surface area contributed by atoms with Crippen molar-refractivity contribution in [2.75, 3.05) is 12.4 Å². The van der Waals surface area contributed by atoms with E-state index in [2.05, 4.69) is 31.3 Å². The second-order valence-corrected chi connectivity index (χ2v) is 8.06. The van der Waals surface area contributed by atoms with Gasteiger partial charge < -0.3 is 14.8 Å². The second-order valence-electron chi connectivity index (χ2n) is 7.15. The third kappa shape index (κ3) is 3.53. The predicted molar refractivity (Wildman–Crippen MR) is 108 cm³/mol. The molecule has 1 aliphatic carbocycles. The lowest BCUT2D eigenvalue weighted by Gasteiger charge is -2.30. The molecule has 7 nitrogen and oxygen atoms in total. The average molecular weight is 447 g/mol.